The predicted octanol–water partition coefficient (Wildman–Crippen LogP) is 5.20. The van der Waals surface area contributed by atoms with Crippen molar-refractivity contribution in [3.05, 3.63) is 65.0 Å². The molecule has 21 heavy (non-hydrogen) atoms. The first-order chi connectivity index (χ1) is 10.0. The van der Waals surface area contributed by atoms with Gasteiger partial charge in [0, 0.05) is 12.1 Å². The molecule has 2 aromatic rings. The Kier molecular flexibility index (Phi) is 4.89. The quantitative estimate of drug-likeness (QED) is 0.736. The molecule has 0 bridgehead atoms. The second kappa shape index (κ2) is 6.66. The van der Waals surface area contributed by atoms with E-state index < -0.39 is 23.2 Å². The van der Waals surface area contributed by atoms with Crippen LogP contribution in [0.1, 0.15) is 37.3 Å². The fourth-order valence-corrected chi connectivity index (χ4v) is 2.00. The molecule has 0 aliphatic carbocycles. The molecule has 0 aliphatic rings. The lowest BCUT2D eigenvalue weighted by molar-refractivity contribution is 0.272. The van der Waals surface area contributed by atoms with Crippen LogP contribution in [0.3, 0.4) is 0 Å². The molecule has 0 fully saturated rings. The van der Waals surface area contributed by atoms with Gasteiger partial charge in [-0.3, -0.25) is 0 Å². The van der Waals surface area contributed by atoms with E-state index in [1.807, 2.05) is 24.3 Å². The molecule has 1 unspecified atom stereocenters. The number of ether oxygens (including phenoxy) is 1. The molecule has 2 rings (SSSR count). The predicted molar refractivity (Wildman–Crippen MR) is 75.8 cm³/mol. The summed E-state index contributed by atoms with van der Waals surface area (Å²) in [6.07, 6.45) is 1.04. The van der Waals surface area contributed by atoms with Crippen LogP contribution in [0, 0.1) is 17.5 Å². The van der Waals surface area contributed by atoms with E-state index in [1.54, 1.807) is 0 Å². The van der Waals surface area contributed by atoms with E-state index >= 15 is 0 Å². The Morgan fingerprint density at radius 3 is 2.10 bits per heavy atom. The summed E-state index contributed by atoms with van der Waals surface area (Å²) in [5, 5.41) is 0. The molecule has 0 spiro atoms. The van der Waals surface area contributed by atoms with Crippen molar-refractivity contribution in [1.82, 2.24) is 0 Å². The molecule has 1 nitrogen and oxygen atoms in total. The Hall–Kier alpha value is -1.97. The standard InChI is InChI=1S/C17H17F3O/c1-3-11(2)13-6-4-12(5-7-13)10-21-17-15(19)8-14(18)9-16(17)20/h4-9,11H,3,10H2,1-2H3. The van der Waals surface area contributed by atoms with Gasteiger partial charge in [-0.05, 0) is 23.5 Å². The van der Waals surface area contributed by atoms with Crippen molar-refractivity contribution >= 4 is 0 Å². The Morgan fingerprint density at radius 2 is 1.57 bits per heavy atom. The van der Waals surface area contributed by atoms with Gasteiger partial charge in [0.15, 0.2) is 17.4 Å². The van der Waals surface area contributed by atoms with Crippen LogP contribution in [0.2, 0.25) is 0 Å². The Morgan fingerprint density at radius 1 is 1.00 bits per heavy atom. The highest BCUT2D eigenvalue weighted by atomic mass is 19.1. The van der Waals surface area contributed by atoms with Gasteiger partial charge in [-0.2, -0.15) is 0 Å². The van der Waals surface area contributed by atoms with E-state index in [-0.39, 0.29) is 6.61 Å². The molecule has 1 atom stereocenters. The van der Waals surface area contributed by atoms with Gasteiger partial charge < -0.3 is 4.74 Å². The molecule has 112 valence electrons. The number of hydrogen-bond donors (Lipinski definition) is 0. The van der Waals surface area contributed by atoms with Crippen LogP contribution < -0.4 is 4.74 Å². The van der Waals surface area contributed by atoms with E-state index in [4.69, 9.17) is 4.74 Å². The van der Waals surface area contributed by atoms with E-state index in [2.05, 4.69) is 13.8 Å². The molecule has 0 N–H and O–H groups in total. The Labute approximate surface area is 122 Å². The van der Waals surface area contributed by atoms with Gasteiger partial charge in [0.05, 0.1) is 0 Å². The van der Waals surface area contributed by atoms with Crippen molar-refractivity contribution in [3.8, 4) is 5.75 Å². The molecule has 0 saturated carbocycles. The van der Waals surface area contributed by atoms with Crippen molar-refractivity contribution in [1.29, 1.82) is 0 Å². The van der Waals surface area contributed by atoms with Crippen LogP contribution in [-0.4, -0.2) is 0 Å². The molecule has 0 heterocycles. The highest BCUT2D eigenvalue weighted by Crippen LogP contribution is 2.24. The first-order valence-corrected chi connectivity index (χ1v) is 6.87. The second-order valence-corrected chi connectivity index (χ2v) is 5.04. The summed E-state index contributed by atoms with van der Waals surface area (Å²) in [6.45, 7) is 4.27. The lowest BCUT2D eigenvalue weighted by atomic mass is 9.98. The minimum absolute atomic E-state index is 0.0280. The highest BCUT2D eigenvalue weighted by Gasteiger charge is 2.13. The summed E-state index contributed by atoms with van der Waals surface area (Å²) >= 11 is 0. The second-order valence-electron chi connectivity index (χ2n) is 5.04. The third kappa shape index (κ3) is 3.78. The lowest BCUT2D eigenvalue weighted by Crippen LogP contribution is -2.01. The highest BCUT2D eigenvalue weighted by molar-refractivity contribution is 5.28. The van der Waals surface area contributed by atoms with Crippen molar-refractivity contribution in [2.24, 2.45) is 0 Å². The van der Waals surface area contributed by atoms with Crippen LogP contribution >= 0.6 is 0 Å². The van der Waals surface area contributed by atoms with Crippen LogP contribution in [0.5, 0.6) is 5.75 Å². The van der Waals surface area contributed by atoms with Gasteiger partial charge in [-0.1, -0.05) is 38.1 Å². The minimum Gasteiger partial charge on any atom is -0.483 e. The van der Waals surface area contributed by atoms with Gasteiger partial charge >= 0.3 is 0 Å². The summed E-state index contributed by atoms with van der Waals surface area (Å²) in [5.74, 6) is -3.13. The fraction of sp³-hybridized carbons (Fsp3) is 0.294. The molecule has 4 heteroatoms. The van der Waals surface area contributed by atoms with E-state index in [1.165, 1.54) is 5.56 Å². The van der Waals surface area contributed by atoms with Crippen molar-refractivity contribution in [2.75, 3.05) is 0 Å². The lowest BCUT2D eigenvalue weighted by Gasteiger charge is -2.11. The molecule has 0 saturated heterocycles. The van der Waals surface area contributed by atoms with Gasteiger partial charge in [-0.25, -0.2) is 13.2 Å². The van der Waals surface area contributed by atoms with E-state index in [0.29, 0.717) is 18.1 Å². The third-order valence-corrected chi connectivity index (χ3v) is 3.51. The summed E-state index contributed by atoms with van der Waals surface area (Å²) in [7, 11) is 0. The average molecular weight is 294 g/mol. The molecule has 0 aliphatic heterocycles. The maximum absolute atomic E-state index is 13.4. The zero-order valence-corrected chi connectivity index (χ0v) is 12.0. The summed E-state index contributed by atoms with van der Waals surface area (Å²) in [4.78, 5) is 0. The number of benzene rings is 2. The first kappa shape index (κ1) is 15.4. The number of hydrogen-bond acceptors (Lipinski definition) is 1. The van der Waals surface area contributed by atoms with Crippen molar-refractivity contribution in [2.45, 2.75) is 32.8 Å². The zero-order chi connectivity index (χ0) is 15.4. The van der Waals surface area contributed by atoms with Crippen molar-refractivity contribution < 1.29 is 17.9 Å². The van der Waals surface area contributed by atoms with Gasteiger partial charge in [0.2, 0.25) is 0 Å². The smallest absolute Gasteiger partial charge is 0.191 e. The fourth-order valence-electron chi connectivity index (χ4n) is 2.00. The third-order valence-electron chi connectivity index (χ3n) is 3.51. The zero-order valence-electron chi connectivity index (χ0n) is 12.0. The average Bonchev–Trinajstić information content (AvgIpc) is 2.46. The molecule has 0 radical (unpaired) electrons. The van der Waals surface area contributed by atoms with Gasteiger partial charge in [-0.15, -0.1) is 0 Å². The first-order valence-electron chi connectivity index (χ1n) is 6.87. The van der Waals surface area contributed by atoms with Gasteiger partial charge in [0.25, 0.3) is 0 Å². The summed E-state index contributed by atoms with van der Waals surface area (Å²) < 4.78 is 44.8. The van der Waals surface area contributed by atoms with Crippen LogP contribution in [0.15, 0.2) is 36.4 Å². The minimum atomic E-state index is -1.04. The SMILES string of the molecule is CCC(C)c1ccc(COc2c(F)cc(F)cc2F)cc1. The number of rotatable bonds is 5. The topological polar surface area (TPSA) is 9.23 Å². The largest absolute Gasteiger partial charge is 0.483 e. The molecule has 2 aromatic carbocycles. The Bertz CT molecular complexity index is 585. The van der Waals surface area contributed by atoms with Crippen LogP contribution in [0.4, 0.5) is 13.2 Å². The van der Waals surface area contributed by atoms with Gasteiger partial charge in [0.1, 0.15) is 12.4 Å². The molecular formula is C17H17F3O. The van der Waals surface area contributed by atoms with Crippen LogP contribution in [0.25, 0.3) is 0 Å². The Balaban J connectivity index is 2.07. The monoisotopic (exact) mass is 294 g/mol. The molecule has 0 amide bonds. The van der Waals surface area contributed by atoms with Crippen LogP contribution in [-0.2, 0) is 6.61 Å². The maximum Gasteiger partial charge on any atom is 0.191 e. The summed E-state index contributed by atoms with van der Waals surface area (Å²) in [6, 6.07) is 8.88. The maximum atomic E-state index is 13.4. The van der Waals surface area contributed by atoms with Crippen molar-refractivity contribution in [3.63, 3.8) is 0 Å². The van der Waals surface area contributed by atoms with E-state index in [0.717, 1.165) is 12.0 Å². The number of halogens is 3. The molecule has 0 aromatic heterocycles. The molecular weight excluding hydrogens is 277 g/mol. The normalized spacial score (nSPS) is 12.2. The van der Waals surface area contributed by atoms with E-state index in [9.17, 15) is 13.2 Å². The summed E-state index contributed by atoms with van der Waals surface area (Å²) in [5.41, 5.74) is 2.01.